The van der Waals surface area contributed by atoms with Gasteiger partial charge in [0.05, 0.1) is 11.2 Å². The van der Waals surface area contributed by atoms with Gasteiger partial charge in [-0.15, -0.1) is 0 Å². The summed E-state index contributed by atoms with van der Waals surface area (Å²) in [5.74, 6) is 0.647. The van der Waals surface area contributed by atoms with Gasteiger partial charge in [-0.1, -0.05) is 54.4 Å². The normalized spacial score (nSPS) is 15.1. The number of fused-ring (bicyclic) bond motifs is 1. The van der Waals surface area contributed by atoms with Crippen LogP contribution < -0.4 is 0 Å². The number of hydrogen-bond acceptors (Lipinski definition) is 1. The molecular formula is C14H19BrN2. The summed E-state index contributed by atoms with van der Waals surface area (Å²) in [7, 11) is 2.02. The van der Waals surface area contributed by atoms with Crippen molar-refractivity contribution in [3.8, 4) is 0 Å². The zero-order chi connectivity index (χ0) is 12.4. The van der Waals surface area contributed by atoms with Crippen molar-refractivity contribution in [1.82, 2.24) is 9.78 Å². The van der Waals surface area contributed by atoms with Gasteiger partial charge in [-0.3, -0.25) is 4.68 Å². The van der Waals surface area contributed by atoms with Crippen LogP contribution in [-0.2, 0) is 13.5 Å². The molecule has 1 aromatic heterocycles. The maximum Gasteiger partial charge on any atom is 0.0706 e. The molecule has 2 rings (SSSR count). The summed E-state index contributed by atoms with van der Waals surface area (Å²) in [5, 5.41) is 5.95. The van der Waals surface area contributed by atoms with Crippen molar-refractivity contribution in [2.24, 2.45) is 13.0 Å². The summed E-state index contributed by atoms with van der Waals surface area (Å²) >= 11 is 3.69. The Kier molecular flexibility index (Phi) is 3.87. The molecule has 0 bridgehead atoms. The topological polar surface area (TPSA) is 17.8 Å². The lowest BCUT2D eigenvalue weighted by molar-refractivity contribution is 0.500. The van der Waals surface area contributed by atoms with Crippen molar-refractivity contribution in [2.45, 2.75) is 31.5 Å². The Morgan fingerprint density at radius 3 is 2.71 bits per heavy atom. The molecule has 17 heavy (non-hydrogen) atoms. The average molecular weight is 295 g/mol. The van der Waals surface area contributed by atoms with Gasteiger partial charge in [-0.25, -0.2) is 0 Å². The van der Waals surface area contributed by atoms with E-state index in [2.05, 4.69) is 59.1 Å². The van der Waals surface area contributed by atoms with Gasteiger partial charge in [0.1, 0.15) is 0 Å². The molecule has 0 fully saturated rings. The molecule has 0 N–H and O–H groups in total. The number of benzene rings is 1. The molecule has 2 nitrogen and oxygen atoms in total. The maximum atomic E-state index is 4.66. The number of nitrogens with zero attached hydrogens (tertiary/aromatic N) is 2. The van der Waals surface area contributed by atoms with E-state index in [1.54, 1.807) is 0 Å². The van der Waals surface area contributed by atoms with Crippen LogP contribution in [0.25, 0.3) is 10.9 Å². The van der Waals surface area contributed by atoms with Crippen LogP contribution in [-0.4, -0.2) is 14.6 Å². The Morgan fingerprint density at radius 1 is 1.35 bits per heavy atom. The smallest absolute Gasteiger partial charge is 0.0706 e. The zero-order valence-corrected chi connectivity index (χ0v) is 12.2. The number of para-hydroxylation sites is 1. The molecule has 0 spiro atoms. The first kappa shape index (κ1) is 12.6. The third kappa shape index (κ3) is 2.54. The lowest BCUT2D eigenvalue weighted by Gasteiger charge is -2.16. The largest absolute Gasteiger partial charge is 0.268 e. The van der Waals surface area contributed by atoms with Crippen molar-refractivity contribution in [3.05, 3.63) is 30.0 Å². The second-order valence-electron chi connectivity index (χ2n) is 4.64. The minimum absolute atomic E-state index is 0.535. The summed E-state index contributed by atoms with van der Waals surface area (Å²) in [4.78, 5) is 0.535. The molecule has 1 heterocycles. The van der Waals surface area contributed by atoms with Gasteiger partial charge in [0.25, 0.3) is 0 Å². The zero-order valence-electron chi connectivity index (χ0n) is 10.7. The predicted octanol–water partition coefficient (Wildman–Crippen LogP) is 3.93. The van der Waals surface area contributed by atoms with Gasteiger partial charge in [-0.2, -0.15) is 5.10 Å². The molecular weight excluding hydrogens is 276 g/mol. The maximum absolute atomic E-state index is 4.66. The highest BCUT2D eigenvalue weighted by Gasteiger charge is 2.17. The molecule has 2 aromatic rings. The summed E-state index contributed by atoms with van der Waals surface area (Å²) < 4.78 is 1.98. The third-order valence-corrected chi connectivity index (χ3v) is 4.21. The first-order valence-electron chi connectivity index (χ1n) is 6.18. The molecule has 92 valence electrons. The van der Waals surface area contributed by atoms with E-state index >= 15 is 0 Å². The molecule has 0 saturated carbocycles. The summed E-state index contributed by atoms with van der Waals surface area (Å²) in [5.41, 5.74) is 2.45. The quantitative estimate of drug-likeness (QED) is 0.782. The Bertz CT molecular complexity index is 502. The second kappa shape index (κ2) is 5.21. The highest BCUT2D eigenvalue weighted by atomic mass is 79.9. The molecule has 0 aliphatic rings. The van der Waals surface area contributed by atoms with E-state index in [-0.39, 0.29) is 0 Å². The van der Waals surface area contributed by atoms with Crippen molar-refractivity contribution in [2.75, 3.05) is 0 Å². The van der Waals surface area contributed by atoms with Gasteiger partial charge >= 0.3 is 0 Å². The fraction of sp³-hybridized carbons (Fsp3) is 0.500. The number of halogens is 1. The minimum Gasteiger partial charge on any atom is -0.268 e. The van der Waals surface area contributed by atoms with Crippen LogP contribution in [0.5, 0.6) is 0 Å². The van der Waals surface area contributed by atoms with E-state index in [0.717, 1.165) is 6.42 Å². The van der Waals surface area contributed by atoms with Crippen LogP contribution in [0.2, 0.25) is 0 Å². The van der Waals surface area contributed by atoms with Crippen LogP contribution in [0.15, 0.2) is 24.3 Å². The van der Waals surface area contributed by atoms with E-state index in [9.17, 15) is 0 Å². The van der Waals surface area contributed by atoms with Crippen LogP contribution in [0.3, 0.4) is 0 Å². The van der Waals surface area contributed by atoms with Crippen LogP contribution in [0.1, 0.15) is 26.0 Å². The second-order valence-corrected chi connectivity index (χ2v) is 6.08. The van der Waals surface area contributed by atoms with Crippen LogP contribution >= 0.6 is 15.9 Å². The van der Waals surface area contributed by atoms with Crippen LogP contribution in [0.4, 0.5) is 0 Å². The molecule has 0 radical (unpaired) electrons. The average Bonchev–Trinajstić information content (AvgIpc) is 2.63. The van der Waals surface area contributed by atoms with Crippen molar-refractivity contribution >= 4 is 26.8 Å². The van der Waals surface area contributed by atoms with E-state index in [4.69, 9.17) is 0 Å². The van der Waals surface area contributed by atoms with Gasteiger partial charge in [-0.05, 0) is 18.4 Å². The monoisotopic (exact) mass is 294 g/mol. The number of alkyl halides is 1. The molecule has 1 aromatic carbocycles. The van der Waals surface area contributed by atoms with Crippen molar-refractivity contribution < 1.29 is 0 Å². The number of aryl methyl sites for hydroxylation is 1. The first-order valence-corrected chi connectivity index (χ1v) is 7.09. The number of rotatable bonds is 4. The summed E-state index contributed by atoms with van der Waals surface area (Å²) in [6.07, 6.45) is 2.22. The Hall–Kier alpha value is -0.830. The Morgan fingerprint density at radius 2 is 2.06 bits per heavy atom. The van der Waals surface area contributed by atoms with Gasteiger partial charge in [0.2, 0.25) is 0 Å². The standard InChI is InChI=1S/C14H19BrN2/c1-4-11(10(2)15)9-13-12-7-5-6-8-14(12)17(3)16-13/h5-8,10-11H,4,9H2,1-3H3. The van der Waals surface area contributed by atoms with Gasteiger partial charge in [0.15, 0.2) is 0 Å². The Balaban J connectivity index is 2.36. The Labute approximate surface area is 111 Å². The molecule has 0 amide bonds. The summed E-state index contributed by atoms with van der Waals surface area (Å²) in [6.45, 7) is 4.47. The van der Waals surface area contributed by atoms with Crippen molar-refractivity contribution in [3.63, 3.8) is 0 Å². The van der Waals surface area contributed by atoms with E-state index < -0.39 is 0 Å². The van der Waals surface area contributed by atoms with E-state index in [0.29, 0.717) is 10.7 Å². The minimum atomic E-state index is 0.535. The third-order valence-electron chi connectivity index (χ3n) is 3.46. The van der Waals surface area contributed by atoms with Gasteiger partial charge in [0, 0.05) is 17.3 Å². The summed E-state index contributed by atoms with van der Waals surface area (Å²) in [6, 6.07) is 8.46. The predicted molar refractivity (Wildman–Crippen MR) is 76.6 cm³/mol. The molecule has 2 atom stereocenters. The molecule has 0 aliphatic heterocycles. The highest BCUT2D eigenvalue weighted by molar-refractivity contribution is 9.09. The fourth-order valence-electron chi connectivity index (χ4n) is 2.32. The molecule has 2 unspecified atom stereocenters. The van der Waals surface area contributed by atoms with Crippen LogP contribution in [0, 0.1) is 5.92 Å². The number of aromatic nitrogens is 2. The van der Waals surface area contributed by atoms with E-state index in [1.165, 1.54) is 23.0 Å². The fourth-order valence-corrected chi connectivity index (χ4v) is 2.88. The molecule has 0 aliphatic carbocycles. The highest BCUT2D eigenvalue weighted by Crippen LogP contribution is 2.25. The molecule has 0 saturated heterocycles. The first-order chi connectivity index (χ1) is 8.13. The van der Waals surface area contributed by atoms with E-state index in [1.807, 2.05) is 11.7 Å². The number of hydrogen-bond donors (Lipinski definition) is 0. The SMILES string of the molecule is CCC(Cc1nn(C)c2ccccc12)C(C)Br. The lowest BCUT2D eigenvalue weighted by atomic mass is 9.96. The molecule has 3 heteroatoms. The van der Waals surface area contributed by atoms with Gasteiger partial charge < -0.3 is 0 Å². The van der Waals surface area contributed by atoms with Crippen molar-refractivity contribution in [1.29, 1.82) is 0 Å². The lowest BCUT2D eigenvalue weighted by Crippen LogP contribution is -2.13.